The minimum atomic E-state index is -0.675. The number of imidazole rings is 2. The van der Waals surface area contributed by atoms with Crippen LogP contribution >= 0.6 is 0 Å². The van der Waals surface area contributed by atoms with Gasteiger partial charge in [0.2, 0.25) is 11.8 Å². The second-order valence-electron chi connectivity index (χ2n) is 16.4. The second kappa shape index (κ2) is 14.6. The lowest BCUT2D eigenvalue weighted by Gasteiger charge is -2.30. The molecule has 282 valence electrons. The number of alkyl carbamates (subject to hydrolysis) is 1. The summed E-state index contributed by atoms with van der Waals surface area (Å²) in [5, 5.41) is 4.95. The molecule has 5 aromatic rings. The zero-order chi connectivity index (χ0) is 37.7. The molecule has 54 heavy (non-hydrogen) atoms. The molecule has 3 aliphatic rings. The molecule has 11 heteroatoms. The molecule has 0 bridgehead atoms. The molecule has 2 aromatic heterocycles. The summed E-state index contributed by atoms with van der Waals surface area (Å²) in [6.45, 7) is 9.51. The van der Waals surface area contributed by atoms with E-state index in [1.165, 1.54) is 20.0 Å². The number of aromatic nitrogens is 4. The zero-order valence-electron chi connectivity index (χ0n) is 31.9. The number of nitrogens with zero attached hydrogens (tertiary/aromatic N) is 4. The van der Waals surface area contributed by atoms with E-state index in [-0.39, 0.29) is 29.8 Å². The molecule has 0 radical (unpaired) electrons. The van der Waals surface area contributed by atoms with Crippen LogP contribution in [0.3, 0.4) is 0 Å². The number of nitrogens with one attached hydrogen (secondary N) is 3. The summed E-state index contributed by atoms with van der Waals surface area (Å²) < 4.78 is 4.77. The molecule has 0 spiro atoms. The number of amides is 3. The third-order valence-corrected chi connectivity index (χ3v) is 11.7. The Labute approximate surface area is 316 Å². The number of H-pyrrole nitrogens is 2. The molecular weight excluding hydrogens is 679 g/mol. The van der Waals surface area contributed by atoms with Crippen LogP contribution in [0.4, 0.5) is 4.79 Å². The highest BCUT2D eigenvalue weighted by Crippen LogP contribution is 2.47. The predicted octanol–water partition coefficient (Wildman–Crippen LogP) is 8.16. The highest BCUT2D eigenvalue weighted by atomic mass is 16.5. The Bertz CT molecular complexity index is 2200. The van der Waals surface area contributed by atoms with Crippen molar-refractivity contribution in [1.82, 2.24) is 35.1 Å². The Balaban J connectivity index is 0.995. The van der Waals surface area contributed by atoms with Gasteiger partial charge in [-0.05, 0) is 102 Å². The number of benzene rings is 3. The molecule has 1 saturated carbocycles. The number of carbonyl (C=O) groups excluding carboxylic acids is 3. The minimum absolute atomic E-state index is 0.00525. The van der Waals surface area contributed by atoms with Gasteiger partial charge in [-0.1, -0.05) is 58.0 Å². The van der Waals surface area contributed by atoms with E-state index in [1.807, 2.05) is 24.9 Å². The normalized spacial score (nSPS) is 20.8. The van der Waals surface area contributed by atoms with E-state index < -0.39 is 12.1 Å². The molecule has 2 aliphatic heterocycles. The molecule has 1 unspecified atom stereocenters. The summed E-state index contributed by atoms with van der Waals surface area (Å²) in [6, 6.07) is 18.4. The lowest BCUT2D eigenvalue weighted by molar-refractivity contribution is -0.135. The Kier molecular flexibility index (Phi) is 9.66. The maximum atomic E-state index is 13.6. The Morgan fingerprint density at radius 3 is 2.30 bits per heavy atom. The van der Waals surface area contributed by atoms with Crippen molar-refractivity contribution in [3.05, 3.63) is 72.4 Å². The topological polar surface area (TPSA) is 136 Å². The van der Waals surface area contributed by atoms with Crippen LogP contribution < -0.4 is 5.32 Å². The van der Waals surface area contributed by atoms with Gasteiger partial charge >= 0.3 is 6.09 Å². The van der Waals surface area contributed by atoms with Gasteiger partial charge < -0.3 is 29.8 Å². The Morgan fingerprint density at radius 2 is 1.57 bits per heavy atom. The van der Waals surface area contributed by atoms with Gasteiger partial charge in [0.15, 0.2) is 0 Å². The summed E-state index contributed by atoms with van der Waals surface area (Å²) in [6.07, 6.45) is 7.01. The van der Waals surface area contributed by atoms with Gasteiger partial charge in [-0.25, -0.2) is 14.8 Å². The molecule has 2 saturated heterocycles. The third kappa shape index (κ3) is 7.08. The summed E-state index contributed by atoms with van der Waals surface area (Å²) in [7, 11) is 1.30. The van der Waals surface area contributed by atoms with Gasteiger partial charge in [0.25, 0.3) is 0 Å². The maximum Gasteiger partial charge on any atom is 0.407 e. The summed E-state index contributed by atoms with van der Waals surface area (Å²) in [4.78, 5) is 59.7. The van der Waals surface area contributed by atoms with Crippen molar-refractivity contribution in [2.75, 3.05) is 20.2 Å². The van der Waals surface area contributed by atoms with Crippen LogP contribution in [0, 0.1) is 23.7 Å². The molecule has 1 aliphatic carbocycles. The van der Waals surface area contributed by atoms with Crippen LogP contribution in [-0.2, 0) is 14.3 Å². The van der Waals surface area contributed by atoms with Crippen LogP contribution in [-0.4, -0.2) is 73.9 Å². The van der Waals surface area contributed by atoms with Crippen molar-refractivity contribution in [1.29, 1.82) is 0 Å². The Morgan fingerprint density at radius 1 is 0.852 bits per heavy atom. The van der Waals surface area contributed by atoms with Crippen molar-refractivity contribution in [2.45, 2.75) is 84.3 Å². The number of carbonyl (C=O) groups is 3. The smallest absolute Gasteiger partial charge is 0.407 e. The van der Waals surface area contributed by atoms with E-state index in [2.05, 4.69) is 88.6 Å². The lowest BCUT2D eigenvalue weighted by atomic mass is 9.99. The van der Waals surface area contributed by atoms with E-state index in [0.717, 1.165) is 87.6 Å². The average molecular weight is 730 g/mol. The van der Waals surface area contributed by atoms with Gasteiger partial charge in [0.05, 0.1) is 42.1 Å². The number of hydrogen-bond acceptors (Lipinski definition) is 6. The fourth-order valence-corrected chi connectivity index (χ4v) is 8.58. The Hall–Kier alpha value is -5.19. The fourth-order valence-electron chi connectivity index (χ4n) is 8.58. The summed E-state index contributed by atoms with van der Waals surface area (Å²) >= 11 is 0. The van der Waals surface area contributed by atoms with Gasteiger partial charge in [-0.3, -0.25) is 9.59 Å². The molecule has 11 nitrogen and oxygen atoms in total. The number of hydrogen-bond donors (Lipinski definition) is 3. The van der Waals surface area contributed by atoms with Crippen molar-refractivity contribution in [2.24, 2.45) is 23.7 Å². The van der Waals surface area contributed by atoms with Crippen LogP contribution in [0.2, 0.25) is 0 Å². The zero-order valence-corrected chi connectivity index (χ0v) is 31.9. The highest BCUT2D eigenvalue weighted by molar-refractivity contribution is 5.92. The molecule has 3 aromatic carbocycles. The van der Waals surface area contributed by atoms with Gasteiger partial charge in [-0.2, -0.15) is 0 Å². The van der Waals surface area contributed by atoms with Crippen LogP contribution in [0.5, 0.6) is 0 Å². The van der Waals surface area contributed by atoms with Crippen molar-refractivity contribution < 1.29 is 19.1 Å². The number of ether oxygens (including phenoxy) is 1. The van der Waals surface area contributed by atoms with E-state index in [0.29, 0.717) is 24.8 Å². The van der Waals surface area contributed by atoms with Crippen LogP contribution in [0.25, 0.3) is 44.2 Å². The largest absolute Gasteiger partial charge is 0.453 e. The number of fused-ring (bicyclic) bond motifs is 2. The van der Waals surface area contributed by atoms with E-state index in [9.17, 15) is 14.4 Å². The van der Waals surface area contributed by atoms with Crippen molar-refractivity contribution in [3.8, 4) is 22.4 Å². The number of methoxy groups -OCH3 is 1. The maximum absolute atomic E-state index is 13.6. The SMILES string of the molecule is COC(=O)N[C@H](C(=O)N1CCC[C@H]1c1ncc(-c2ccc3cc(-c4ccc5nc([C@@H]6CC(C7CC7)CN6C(=O)CC(C)C)[nH]c5c4)ccc3c2)[nH]1)C(C)C. The second-order valence-corrected chi connectivity index (χ2v) is 16.4. The monoisotopic (exact) mass is 729 g/mol. The van der Waals surface area contributed by atoms with Crippen LogP contribution in [0.15, 0.2) is 60.8 Å². The molecule has 3 N–H and O–H groups in total. The van der Waals surface area contributed by atoms with Crippen molar-refractivity contribution >= 4 is 39.7 Å². The van der Waals surface area contributed by atoms with E-state index >= 15 is 0 Å². The van der Waals surface area contributed by atoms with E-state index in [4.69, 9.17) is 14.7 Å². The lowest BCUT2D eigenvalue weighted by Crippen LogP contribution is -2.51. The number of aromatic amines is 2. The van der Waals surface area contributed by atoms with Gasteiger partial charge in [0, 0.05) is 25.1 Å². The molecule has 3 amide bonds. The molecule has 4 atom stereocenters. The third-order valence-electron chi connectivity index (χ3n) is 11.7. The first-order chi connectivity index (χ1) is 26.1. The van der Waals surface area contributed by atoms with Crippen molar-refractivity contribution in [3.63, 3.8) is 0 Å². The number of rotatable bonds is 10. The first-order valence-electron chi connectivity index (χ1n) is 19.6. The molecular formula is C43H51N7O4. The first-order valence-corrected chi connectivity index (χ1v) is 19.6. The predicted molar refractivity (Wildman–Crippen MR) is 209 cm³/mol. The van der Waals surface area contributed by atoms with Crippen LogP contribution in [0.1, 0.15) is 90.0 Å². The summed E-state index contributed by atoms with van der Waals surface area (Å²) in [5.74, 6) is 3.32. The quantitative estimate of drug-likeness (QED) is 0.133. The molecule has 8 rings (SSSR count). The molecule has 3 fully saturated rings. The minimum Gasteiger partial charge on any atom is -0.453 e. The highest BCUT2D eigenvalue weighted by Gasteiger charge is 2.44. The average Bonchev–Trinajstić information content (AvgIpc) is 3.57. The van der Waals surface area contributed by atoms with Gasteiger partial charge in [0.1, 0.15) is 17.7 Å². The first kappa shape index (κ1) is 35.8. The summed E-state index contributed by atoms with van der Waals surface area (Å²) in [5.41, 5.74) is 6.04. The standard InChI is InChI=1S/C43H51N7O4/c1-24(2)17-38(51)50-23-32(26-8-9-26)21-37(50)41-45-33-15-14-30(20-34(33)46-41)28-10-11-29-19-31(13-12-27(29)18-28)35-22-44-40(47-35)36-7-6-16-49(36)42(52)39(25(3)4)48-43(53)54-5/h10-15,18-20,22,24-26,32,36-37,39H,6-9,16-17,21,23H2,1-5H3,(H,44,47)(H,45,46)(H,48,53)/t32?,36-,37-,39-/m0/s1. The number of likely N-dealkylation sites (tertiary alicyclic amines) is 2. The van der Waals surface area contributed by atoms with E-state index in [1.54, 1.807) is 0 Å². The molecule has 4 heterocycles. The fraction of sp³-hybridized carbons (Fsp3) is 0.465. The van der Waals surface area contributed by atoms with Gasteiger partial charge in [-0.15, -0.1) is 0 Å².